The van der Waals surface area contributed by atoms with Gasteiger partial charge in [0.1, 0.15) is 0 Å². The Kier molecular flexibility index (Phi) is 3.53. The number of fused-ring (bicyclic) bond motifs is 1. The Hall–Kier alpha value is -1.74. The minimum Gasteiger partial charge on any atom is -0.307 e. The summed E-state index contributed by atoms with van der Waals surface area (Å²) in [6.07, 6.45) is 1.88. The van der Waals surface area contributed by atoms with Crippen LogP contribution in [0, 0.1) is 11.6 Å². The molecule has 0 saturated carbocycles. The summed E-state index contributed by atoms with van der Waals surface area (Å²) in [4.78, 5) is 0. The van der Waals surface area contributed by atoms with Gasteiger partial charge in [0.25, 0.3) is 0 Å². The molecular formula is C17H17F2N. The highest BCUT2D eigenvalue weighted by atomic mass is 19.2. The van der Waals surface area contributed by atoms with Gasteiger partial charge in [0.15, 0.2) is 11.6 Å². The molecule has 1 aliphatic rings. The Labute approximate surface area is 117 Å². The van der Waals surface area contributed by atoms with Crippen LogP contribution in [-0.4, -0.2) is 6.04 Å². The highest BCUT2D eigenvalue weighted by Gasteiger charge is 2.23. The van der Waals surface area contributed by atoms with Crippen molar-refractivity contribution < 1.29 is 8.78 Å². The zero-order valence-corrected chi connectivity index (χ0v) is 11.4. The molecule has 2 aromatic carbocycles. The molecule has 104 valence electrons. The molecule has 1 aliphatic carbocycles. The number of benzene rings is 2. The average molecular weight is 273 g/mol. The van der Waals surface area contributed by atoms with E-state index in [1.165, 1.54) is 11.1 Å². The Morgan fingerprint density at radius 1 is 1.00 bits per heavy atom. The van der Waals surface area contributed by atoms with Gasteiger partial charge in [-0.2, -0.15) is 0 Å². The minimum absolute atomic E-state index is 0.204. The van der Waals surface area contributed by atoms with Crippen molar-refractivity contribution in [2.45, 2.75) is 31.8 Å². The van der Waals surface area contributed by atoms with E-state index in [2.05, 4.69) is 17.4 Å². The molecule has 0 amide bonds. The molecule has 0 aliphatic heterocycles. The van der Waals surface area contributed by atoms with E-state index in [0.717, 1.165) is 18.9 Å². The van der Waals surface area contributed by atoms with Crippen molar-refractivity contribution in [2.24, 2.45) is 0 Å². The molecule has 2 aromatic rings. The van der Waals surface area contributed by atoms with Crippen molar-refractivity contribution >= 4 is 0 Å². The average Bonchev–Trinajstić information content (AvgIpc) is 2.83. The van der Waals surface area contributed by atoms with Crippen molar-refractivity contribution in [1.82, 2.24) is 5.32 Å². The third-order valence-electron chi connectivity index (χ3n) is 3.98. The van der Waals surface area contributed by atoms with Gasteiger partial charge < -0.3 is 5.32 Å². The lowest BCUT2D eigenvalue weighted by atomic mass is 10.1. The maximum absolute atomic E-state index is 13.8. The lowest BCUT2D eigenvalue weighted by molar-refractivity contribution is 0.435. The molecule has 1 atom stereocenters. The van der Waals surface area contributed by atoms with Crippen molar-refractivity contribution in [2.75, 3.05) is 0 Å². The van der Waals surface area contributed by atoms with E-state index in [0.29, 0.717) is 5.56 Å². The second kappa shape index (κ2) is 5.33. The van der Waals surface area contributed by atoms with Crippen LogP contribution in [-0.2, 0) is 12.8 Å². The van der Waals surface area contributed by atoms with Gasteiger partial charge in [-0.25, -0.2) is 8.78 Å². The van der Waals surface area contributed by atoms with Gasteiger partial charge in [0, 0.05) is 17.6 Å². The zero-order valence-electron chi connectivity index (χ0n) is 11.4. The van der Waals surface area contributed by atoms with Gasteiger partial charge in [-0.3, -0.25) is 0 Å². The van der Waals surface area contributed by atoms with E-state index in [9.17, 15) is 8.78 Å². The first-order chi connectivity index (χ1) is 9.65. The van der Waals surface area contributed by atoms with Crippen molar-refractivity contribution in [1.29, 1.82) is 0 Å². The Bertz CT molecular complexity index is 599. The molecule has 3 heteroatoms. The van der Waals surface area contributed by atoms with Gasteiger partial charge in [-0.05, 0) is 37.0 Å². The summed E-state index contributed by atoms with van der Waals surface area (Å²) in [7, 11) is 0. The first-order valence-electron chi connectivity index (χ1n) is 6.92. The van der Waals surface area contributed by atoms with Crippen LogP contribution >= 0.6 is 0 Å². The van der Waals surface area contributed by atoms with Crippen LogP contribution in [0.2, 0.25) is 0 Å². The third-order valence-corrected chi connectivity index (χ3v) is 3.98. The van der Waals surface area contributed by atoms with Crippen LogP contribution in [0.15, 0.2) is 42.5 Å². The predicted octanol–water partition coefficient (Wildman–Crippen LogP) is 3.78. The smallest absolute Gasteiger partial charge is 0.163 e. The molecule has 0 fully saturated rings. The van der Waals surface area contributed by atoms with E-state index in [1.807, 2.05) is 19.1 Å². The molecule has 0 saturated heterocycles. The summed E-state index contributed by atoms with van der Waals surface area (Å²) in [6.45, 7) is 1.88. The van der Waals surface area contributed by atoms with Gasteiger partial charge in [-0.1, -0.05) is 36.4 Å². The Balaban J connectivity index is 1.72. The second-order valence-corrected chi connectivity index (χ2v) is 5.41. The van der Waals surface area contributed by atoms with E-state index in [1.54, 1.807) is 12.1 Å². The maximum Gasteiger partial charge on any atom is 0.163 e. The van der Waals surface area contributed by atoms with Crippen LogP contribution in [0.5, 0.6) is 0 Å². The van der Waals surface area contributed by atoms with Crippen LogP contribution in [0.1, 0.15) is 29.7 Å². The standard InChI is InChI=1S/C17H17F2N/c1-11(15-7-4-8-16(18)17(15)19)20-14-9-12-5-2-3-6-13(12)10-14/h2-8,11,14,20H,9-10H2,1H3. The van der Waals surface area contributed by atoms with E-state index in [-0.39, 0.29) is 12.1 Å². The van der Waals surface area contributed by atoms with Crippen LogP contribution in [0.3, 0.4) is 0 Å². The number of hydrogen-bond donors (Lipinski definition) is 1. The molecule has 1 nitrogen and oxygen atoms in total. The van der Waals surface area contributed by atoms with E-state index in [4.69, 9.17) is 0 Å². The topological polar surface area (TPSA) is 12.0 Å². The highest BCUT2D eigenvalue weighted by molar-refractivity contribution is 5.33. The van der Waals surface area contributed by atoms with E-state index >= 15 is 0 Å². The normalized spacial score (nSPS) is 16.1. The largest absolute Gasteiger partial charge is 0.307 e. The Morgan fingerprint density at radius 2 is 1.65 bits per heavy atom. The molecule has 0 aromatic heterocycles. The number of halogens is 2. The summed E-state index contributed by atoms with van der Waals surface area (Å²) in [5.74, 6) is -1.53. The van der Waals surface area contributed by atoms with Gasteiger partial charge in [0.2, 0.25) is 0 Å². The first-order valence-corrected chi connectivity index (χ1v) is 6.92. The molecular weight excluding hydrogens is 256 g/mol. The van der Waals surface area contributed by atoms with Gasteiger partial charge in [0.05, 0.1) is 0 Å². The van der Waals surface area contributed by atoms with Crippen molar-refractivity contribution in [3.63, 3.8) is 0 Å². The lowest BCUT2D eigenvalue weighted by Crippen LogP contribution is -2.32. The third kappa shape index (κ3) is 2.46. The molecule has 0 radical (unpaired) electrons. The second-order valence-electron chi connectivity index (χ2n) is 5.41. The molecule has 0 heterocycles. The summed E-state index contributed by atoms with van der Waals surface area (Å²) < 4.78 is 27.0. The number of rotatable bonds is 3. The van der Waals surface area contributed by atoms with Crippen molar-refractivity contribution in [3.05, 3.63) is 70.8 Å². The van der Waals surface area contributed by atoms with Crippen LogP contribution < -0.4 is 5.32 Å². The molecule has 20 heavy (non-hydrogen) atoms. The zero-order chi connectivity index (χ0) is 14.1. The molecule has 1 N–H and O–H groups in total. The first kappa shape index (κ1) is 13.3. The molecule has 0 bridgehead atoms. The quantitative estimate of drug-likeness (QED) is 0.897. The summed E-state index contributed by atoms with van der Waals surface area (Å²) in [5.41, 5.74) is 3.08. The Morgan fingerprint density at radius 3 is 2.30 bits per heavy atom. The minimum atomic E-state index is -0.786. The summed E-state index contributed by atoms with van der Waals surface area (Å²) >= 11 is 0. The van der Waals surface area contributed by atoms with Crippen molar-refractivity contribution in [3.8, 4) is 0 Å². The van der Waals surface area contributed by atoms with E-state index < -0.39 is 11.6 Å². The highest BCUT2D eigenvalue weighted by Crippen LogP contribution is 2.25. The van der Waals surface area contributed by atoms with Gasteiger partial charge >= 0.3 is 0 Å². The maximum atomic E-state index is 13.8. The molecule has 3 rings (SSSR count). The fourth-order valence-corrected chi connectivity index (χ4v) is 2.97. The number of nitrogens with one attached hydrogen (secondary N) is 1. The monoisotopic (exact) mass is 273 g/mol. The van der Waals surface area contributed by atoms with Crippen LogP contribution in [0.4, 0.5) is 8.78 Å². The molecule has 1 unspecified atom stereocenters. The summed E-state index contributed by atoms with van der Waals surface area (Å²) in [5, 5.41) is 3.40. The SMILES string of the molecule is CC(NC1Cc2ccccc2C1)c1cccc(F)c1F. The van der Waals surface area contributed by atoms with Crippen LogP contribution in [0.25, 0.3) is 0 Å². The predicted molar refractivity (Wildman–Crippen MR) is 75.5 cm³/mol. The summed E-state index contributed by atoms with van der Waals surface area (Å²) in [6, 6.07) is 12.8. The molecule has 0 spiro atoms. The number of hydrogen-bond acceptors (Lipinski definition) is 1. The fourth-order valence-electron chi connectivity index (χ4n) is 2.97. The fraction of sp³-hybridized carbons (Fsp3) is 0.294. The lowest BCUT2D eigenvalue weighted by Gasteiger charge is -2.20. The van der Waals surface area contributed by atoms with Gasteiger partial charge in [-0.15, -0.1) is 0 Å².